The van der Waals surface area contributed by atoms with Crippen LogP contribution in [0.3, 0.4) is 0 Å². The van der Waals surface area contributed by atoms with E-state index in [0.717, 1.165) is 11.3 Å². The second-order valence-electron chi connectivity index (χ2n) is 4.38. The summed E-state index contributed by atoms with van der Waals surface area (Å²) in [4.78, 5) is 22.6. The number of nitrogens with one attached hydrogen (secondary N) is 2. The summed E-state index contributed by atoms with van der Waals surface area (Å²) in [6.07, 6.45) is 1.65. The van der Waals surface area contributed by atoms with Gasteiger partial charge in [0.25, 0.3) is 0 Å². The van der Waals surface area contributed by atoms with Gasteiger partial charge >= 0.3 is 5.69 Å². The maximum absolute atomic E-state index is 11.6. The molecule has 0 radical (unpaired) electrons. The van der Waals surface area contributed by atoms with Gasteiger partial charge in [0.05, 0.1) is 0 Å². The van der Waals surface area contributed by atoms with Crippen LogP contribution in [0.2, 0.25) is 0 Å². The third kappa shape index (κ3) is 4.09. The van der Waals surface area contributed by atoms with Crippen molar-refractivity contribution in [3.63, 3.8) is 0 Å². The molecule has 0 aliphatic carbocycles. The number of anilines is 1. The molecule has 0 bridgehead atoms. The highest BCUT2D eigenvalue weighted by atomic mass is 32.2. The third-order valence-electron chi connectivity index (χ3n) is 2.65. The van der Waals surface area contributed by atoms with E-state index in [1.165, 1.54) is 23.3 Å². The summed E-state index contributed by atoms with van der Waals surface area (Å²) in [5.74, 6) is 0.543. The van der Waals surface area contributed by atoms with Gasteiger partial charge in [-0.15, -0.1) is 11.7 Å². The first kappa shape index (κ1) is 15.1. The van der Waals surface area contributed by atoms with Gasteiger partial charge < -0.3 is 5.32 Å². The van der Waals surface area contributed by atoms with Gasteiger partial charge in [0.1, 0.15) is 0 Å². The Kier molecular flexibility index (Phi) is 4.99. The average molecular weight is 304 g/mol. The molecule has 0 saturated carbocycles. The van der Waals surface area contributed by atoms with Crippen molar-refractivity contribution < 1.29 is 4.79 Å². The molecule has 7 heteroatoms. The molecular formula is C14H16N4O2S. The summed E-state index contributed by atoms with van der Waals surface area (Å²) in [7, 11) is 0. The van der Waals surface area contributed by atoms with Gasteiger partial charge in [-0.25, -0.2) is 9.89 Å². The molecule has 0 fully saturated rings. The molecule has 0 aliphatic rings. The number of amides is 1. The van der Waals surface area contributed by atoms with E-state index in [0.29, 0.717) is 17.5 Å². The average Bonchev–Trinajstić information content (AvgIpc) is 2.78. The number of aromatic nitrogens is 3. The van der Waals surface area contributed by atoms with E-state index in [9.17, 15) is 9.59 Å². The Morgan fingerprint density at radius 3 is 3.10 bits per heavy atom. The molecule has 1 heterocycles. The summed E-state index contributed by atoms with van der Waals surface area (Å²) < 4.78 is 1.52. The van der Waals surface area contributed by atoms with Crippen LogP contribution in [0.25, 0.3) is 0 Å². The molecule has 0 atom stereocenters. The summed E-state index contributed by atoms with van der Waals surface area (Å²) in [5, 5.41) is 9.78. The van der Waals surface area contributed by atoms with Crippen molar-refractivity contribution in [1.82, 2.24) is 14.8 Å². The first-order chi connectivity index (χ1) is 10.1. The Balaban J connectivity index is 2.08. The van der Waals surface area contributed by atoms with E-state index in [1.807, 2.05) is 24.3 Å². The smallest absolute Gasteiger partial charge is 0.326 e. The van der Waals surface area contributed by atoms with Crippen molar-refractivity contribution >= 4 is 23.4 Å². The van der Waals surface area contributed by atoms with Crippen LogP contribution in [0.15, 0.2) is 46.9 Å². The van der Waals surface area contributed by atoms with Crippen molar-refractivity contribution in [3.8, 4) is 0 Å². The molecule has 2 aromatic rings. The van der Waals surface area contributed by atoms with E-state index in [1.54, 1.807) is 6.08 Å². The molecule has 2 rings (SSSR count). The quantitative estimate of drug-likeness (QED) is 0.632. The zero-order valence-corrected chi connectivity index (χ0v) is 12.4. The summed E-state index contributed by atoms with van der Waals surface area (Å²) in [5.41, 5.74) is 1.54. The standard InChI is InChI=1S/C14H16N4O2S/c1-3-7-18-13(20)16-17-14(18)21-9-11-5-4-6-12(8-11)15-10(2)19/h3-6,8H,1,7,9H2,2H3,(H,15,19)(H,16,20). The van der Waals surface area contributed by atoms with Crippen LogP contribution in [-0.4, -0.2) is 20.7 Å². The Bertz CT molecular complexity index is 705. The minimum Gasteiger partial charge on any atom is -0.326 e. The van der Waals surface area contributed by atoms with Crippen molar-refractivity contribution in [2.75, 3.05) is 5.32 Å². The fourth-order valence-electron chi connectivity index (χ4n) is 1.79. The number of carbonyl (C=O) groups is 1. The Labute approximate surface area is 126 Å². The molecule has 2 N–H and O–H groups in total. The van der Waals surface area contributed by atoms with Gasteiger partial charge in [0, 0.05) is 24.9 Å². The highest BCUT2D eigenvalue weighted by Gasteiger charge is 2.08. The van der Waals surface area contributed by atoms with Crippen LogP contribution in [0.5, 0.6) is 0 Å². The van der Waals surface area contributed by atoms with Gasteiger partial charge in [-0.2, -0.15) is 0 Å². The van der Waals surface area contributed by atoms with Crippen molar-refractivity contribution in [1.29, 1.82) is 0 Å². The van der Waals surface area contributed by atoms with Crippen LogP contribution in [-0.2, 0) is 17.1 Å². The minimum atomic E-state index is -0.246. The Morgan fingerprint density at radius 2 is 2.38 bits per heavy atom. The molecule has 1 amide bonds. The number of thioether (sulfide) groups is 1. The fraction of sp³-hybridized carbons (Fsp3) is 0.214. The second kappa shape index (κ2) is 6.94. The van der Waals surface area contributed by atoms with E-state index in [4.69, 9.17) is 0 Å². The fourth-order valence-corrected chi connectivity index (χ4v) is 2.69. The zero-order chi connectivity index (χ0) is 15.2. The van der Waals surface area contributed by atoms with E-state index >= 15 is 0 Å². The first-order valence-corrected chi connectivity index (χ1v) is 7.34. The van der Waals surface area contributed by atoms with E-state index in [2.05, 4.69) is 22.1 Å². The second-order valence-corrected chi connectivity index (χ2v) is 5.32. The van der Waals surface area contributed by atoms with E-state index < -0.39 is 0 Å². The number of nitrogens with zero attached hydrogens (tertiary/aromatic N) is 2. The topological polar surface area (TPSA) is 79.8 Å². The molecule has 1 aromatic carbocycles. The number of allylic oxidation sites excluding steroid dienone is 1. The van der Waals surface area contributed by atoms with Crippen molar-refractivity contribution in [2.45, 2.75) is 24.4 Å². The van der Waals surface area contributed by atoms with Gasteiger partial charge in [-0.05, 0) is 17.7 Å². The molecule has 0 saturated heterocycles. The van der Waals surface area contributed by atoms with Gasteiger partial charge in [-0.1, -0.05) is 30.0 Å². The van der Waals surface area contributed by atoms with Crippen LogP contribution >= 0.6 is 11.8 Å². The first-order valence-electron chi connectivity index (χ1n) is 6.35. The molecule has 110 valence electrons. The van der Waals surface area contributed by atoms with Crippen molar-refractivity contribution in [3.05, 3.63) is 53.0 Å². The van der Waals surface area contributed by atoms with Crippen LogP contribution in [0, 0.1) is 0 Å². The summed E-state index contributed by atoms with van der Waals surface area (Å²) in [6, 6.07) is 7.57. The van der Waals surface area contributed by atoms with Gasteiger partial charge in [0.15, 0.2) is 5.16 Å². The molecule has 1 aromatic heterocycles. The summed E-state index contributed by atoms with van der Waals surface area (Å²) >= 11 is 1.45. The lowest BCUT2D eigenvalue weighted by molar-refractivity contribution is -0.114. The number of H-pyrrole nitrogens is 1. The van der Waals surface area contributed by atoms with Crippen LogP contribution in [0.4, 0.5) is 5.69 Å². The molecule has 21 heavy (non-hydrogen) atoms. The maximum Gasteiger partial charge on any atom is 0.344 e. The zero-order valence-electron chi connectivity index (χ0n) is 11.6. The number of benzene rings is 1. The minimum absolute atomic E-state index is 0.105. The molecular weight excluding hydrogens is 288 g/mol. The van der Waals surface area contributed by atoms with Gasteiger partial charge in [0.2, 0.25) is 5.91 Å². The lowest BCUT2D eigenvalue weighted by atomic mass is 10.2. The molecule has 0 aliphatic heterocycles. The molecule has 0 unspecified atom stereocenters. The Hall–Kier alpha value is -2.28. The highest BCUT2D eigenvalue weighted by Crippen LogP contribution is 2.21. The number of carbonyl (C=O) groups excluding carboxylic acids is 1. The predicted molar refractivity (Wildman–Crippen MR) is 83.4 cm³/mol. The van der Waals surface area contributed by atoms with Crippen LogP contribution < -0.4 is 11.0 Å². The molecule has 6 nitrogen and oxygen atoms in total. The maximum atomic E-state index is 11.6. The lowest BCUT2D eigenvalue weighted by Crippen LogP contribution is -2.16. The third-order valence-corrected chi connectivity index (χ3v) is 3.70. The monoisotopic (exact) mass is 304 g/mol. The molecule has 0 spiro atoms. The number of aromatic amines is 1. The normalized spacial score (nSPS) is 10.3. The number of hydrogen-bond acceptors (Lipinski definition) is 4. The Morgan fingerprint density at radius 1 is 1.57 bits per heavy atom. The van der Waals surface area contributed by atoms with Gasteiger partial charge in [-0.3, -0.25) is 9.36 Å². The SMILES string of the molecule is C=CCn1c(SCc2cccc(NC(C)=O)c2)n[nH]c1=O. The number of rotatable bonds is 6. The lowest BCUT2D eigenvalue weighted by Gasteiger charge is -2.06. The van der Waals surface area contributed by atoms with Crippen LogP contribution in [0.1, 0.15) is 12.5 Å². The highest BCUT2D eigenvalue weighted by molar-refractivity contribution is 7.98. The van der Waals surface area contributed by atoms with Crippen molar-refractivity contribution in [2.24, 2.45) is 0 Å². The van der Waals surface area contributed by atoms with E-state index in [-0.39, 0.29) is 11.6 Å². The number of hydrogen-bond donors (Lipinski definition) is 2. The largest absolute Gasteiger partial charge is 0.344 e. The predicted octanol–water partition coefficient (Wildman–Crippen LogP) is 2.01. The summed E-state index contributed by atoms with van der Waals surface area (Å²) in [6.45, 7) is 5.52.